The van der Waals surface area contributed by atoms with E-state index >= 15 is 0 Å². The van der Waals surface area contributed by atoms with Gasteiger partial charge in [-0.2, -0.15) is 0 Å². The molecule has 132 valence electrons. The van der Waals surface area contributed by atoms with Gasteiger partial charge in [-0.1, -0.05) is 25.1 Å². The second-order valence-corrected chi connectivity index (χ2v) is 6.88. The van der Waals surface area contributed by atoms with E-state index in [0.717, 1.165) is 50.3 Å². The Labute approximate surface area is 144 Å². The van der Waals surface area contributed by atoms with E-state index in [9.17, 15) is 9.90 Å². The standard InChI is InChI=1S/C19H28N2O3/c1-3-14(22)13-20-8-10-21(11-9-20)19(23)17-12-16(17)15-6-4-5-7-18(15)24-2/h4-7,14,16-17,22H,3,8-13H2,1-2H3. The lowest BCUT2D eigenvalue weighted by Crippen LogP contribution is -2.50. The Morgan fingerprint density at radius 3 is 2.67 bits per heavy atom. The van der Waals surface area contributed by atoms with Crippen molar-refractivity contribution in [3.8, 4) is 5.75 Å². The van der Waals surface area contributed by atoms with E-state index in [2.05, 4.69) is 11.0 Å². The predicted molar refractivity (Wildman–Crippen MR) is 93.2 cm³/mol. The summed E-state index contributed by atoms with van der Waals surface area (Å²) >= 11 is 0. The summed E-state index contributed by atoms with van der Waals surface area (Å²) in [6, 6.07) is 8.01. The highest BCUT2D eigenvalue weighted by Gasteiger charge is 2.47. The van der Waals surface area contributed by atoms with E-state index in [1.165, 1.54) is 0 Å². The molecule has 1 N–H and O–H groups in total. The zero-order valence-electron chi connectivity index (χ0n) is 14.6. The summed E-state index contributed by atoms with van der Waals surface area (Å²) < 4.78 is 5.43. The molecule has 3 atom stereocenters. The van der Waals surface area contributed by atoms with Gasteiger partial charge in [0.15, 0.2) is 0 Å². The third-order valence-corrected chi connectivity index (χ3v) is 5.27. The van der Waals surface area contributed by atoms with Gasteiger partial charge in [0.2, 0.25) is 5.91 Å². The molecule has 2 fully saturated rings. The molecule has 1 heterocycles. The second-order valence-electron chi connectivity index (χ2n) is 6.88. The fourth-order valence-corrected chi connectivity index (χ4v) is 3.60. The average Bonchev–Trinajstić information content (AvgIpc) is 3.42. The highest BCUT2D eigenvalue weighted by Crippen LogP contribution is 2.51. The Morgan fingerprint density at radius 1 is 1.29 bits per heavy atom. The first-order valence-electron chi connectivity index (χ1n) is 8.96. The number of hydrogen-bond acceptors (Lipinski definition) is 4. The number of methoxy groups -OCH3 is 1. The van der Waals surface area contributed by atoms with Crippen LogP contribution in [0.1, 0.15) is 31.2 Å². The molecular weight excluding hydrogens is 304 g/mol. The fraction of sp³-hybridized carbons (Fsp3) is 0.632. The van der Waals surface area contributed by atoms with Crippen molar-refractivity contribution in [1.82, 2.24) is 9.80 Å². The van der Waals surface area contributed by atoms with Crippen LogP contribution in [0.5, 0.6) is 5.75 Å². The molecule has 5 heteroatoms. The van der Waals surface area contributed by atoms with E-state index in [-0.39, 0.29) is 17.9 Å². The molecule has 0 spiro atoms. The van der Waals surface area contributed by atoms with Crippen molar-refractivity contribution < 1.29 is 14.6 Å². The van der Waals surface area contributed by atoms with Crippen LogP contribution in [0.2, 0.25) is 0 Å². The van der Waals surface area contributed by atoms with Crippen LogP contribution in [-0.4, -0.2) is 66.8 Å². The molecule has 1 amide bonds. The van der Waals surface area contributed by atoms with E-state index in [1.807, 2.05) is 30.0 Å². The molecular formula is C19H28N2O3. The summed E-state index contributed by atoms with van der Waals surface area (Å²) in [7, 11) is 1.68. The van der Waals surface area contributed by atoms with Crippen LogP contribution >= 0.6 is 0 Å². The lowest BCUT2D eigenvalue weighted by Gasteiger charge is -2.35. The van der Waals surface area contributed by atoms with Crippen LogP contribution in [0, 0.1) is 5.92 Å². The summed E-state index contributed by atoms with van der Waals surface area (Å²) in [6.07, 6.45) is 1.45. The molecule has 0 aromatic heterocycles. The predicted octanol–water partition coefficient (Wildman–Crippen LogP) is 1.71. The lowest BCUT2D eigenvalue weighted by molar-refractivity contribution is -0.134. The van der Waals surface area contributed by atoms with Crippen LogP contribution in [0.4, 0.5) is 0 Å². The van der Waals surface area contributed by atoms with Crippen LogP contribution in [0.25, 0.3) is 0 Å². The summed E-state index contributed by atoms with van der Waals surface area (Å²) in [6.45, 7) is 5.96. The van der Waals surface area contributed by atoms with Crippen molar-refractivity contribution in [2.24, 2.45) is 5.92 Å². The van der Waals surface area contributed by atoms with E-state index in [1.54, 1.807) is 7.11 Å². The smallest absolute Gasteiger partial charge is 0.226 e. The molecule has 5 nitrogen and oxygen atoms in total. The first kappa shape index (κ1) is 17.2. The monoisotopic (exact) mass is 332 g/mol. The van der Waals surface area contributed by atoms with E-state index in [4.69, 9.17) is 4.74 Å². The van der Waals surface area contributed by atoms with Crippen molar-refractivity contribution in [3.05, 3.63) is 29.8 Å². The summed E-state index contributed by atoms with van der Waals surface area (Å²) in [5.74, 6) is 1.57. The van der Waals surface area contributed by atoms with Crippen LogP contribution < -0.4 is 4.74 Å². The minimum atomic E-state index is -0.259. The number of hydrogen-bond donors (Lipinski definition) is 1. The first-order chi connectivity index (χ1) is 11.6. The number of rotatable bonds is 6. The molecule has 1 aliphatic heterocycles. The fourth-order valence-electron chi connectivity index (χ4n) is 3.60. The lowest BCUT2D eigenvalue weighted by atomic mass is 10.1. The molecule has 3 unspecified atom stereocenters. The molecule has 1 saturated carbocycles. The van der Waals surface area contributed by atoms with E-state index in [0.29, 0.717) is 12.5 Å². The number of piperazine rings is 1. The van der Waals surface area contributed by atoms with Crippen LogP contribution in [-0.2, 0) is 4.79 Å². The number of carbonyl (C=O) groups excluding carboxylic acids is 1. The number of para-hydroxylation sites is 1. The topological polar surface area (TPSA) is 53.0 Å². The van der Waals surface area contributed by atoms with Crippen LogP contribution in [0.3, 0.4) is 0 Å². The van der Waals surface area contributed by atoms with Crippen molar-refractivity contribution in [1.29, 1.82) is 0 Å². The number of benzene rings is 1. The maximum absolute atomic E-state index is 12.7. The van der Waals surface area contributed by atoms with Crippen molar-refractivity contribution in [2.75, 3.05) is 39.8 Å². The number of aliphatic hydroxyl groups excluding tert-OH is 1. The number of nitrogens with zero attached hydrogens (tertiary/aromatic N) is 2. The van der Waals surface area contributed by atoms with Crippen LogP contribution in [0.15, 0.2) is 24.3 Å². The van der Waals surface area contributed by atoms with Gasteiger partial charge < -0.3 is 14.7 Å². The molecule has 1 aromatic carbocycles. The maximum Gasteiger partial charge on any atom is 0.226 e. The Morgan fingerprint density at radius 2 is 2.00 bits per heavy atom. The second kappa shape index (κ2) is 7.53. The third kappa shape index (κ3) is 3.73. The minimum absolute atomic E-state index is 0.106. The Bertz CT molecular complexity index is 569. The molecule has 1 aliphatic carbocycles. The normalized spacial score (nSPS) is 25.4. The first-order valence-corrected chi connectivity index (χ1v) is 8.96. The van der Waals surface area contributed by atoms with Gasteiger partial charge >= 0.3 is 0 Å². The van der Waals surface area contributed by atoms with Gasteiger partial charge in [-0.3, -0.25) is 9.69 Å². The molecule has 1 saturated heterocycles. The molecule has 0 bridgehead atoms. The van der Waals surface area contributed by atoms with Gasteiger partial charge in [0.1, 0.15) is 5.75 Å². The Kier molecular flexibility index (Phi) is 5.41. The molecule has 3 rings (SSSR count). The van der Waals surface area contributed by atoms with E-state index < -0.39 is 0 Å². The summed E-state index contributed by atoms with van der Waals surface area (Å²) in [5, 5.41) is 9.76. The summed E-state index contributed by atoms with van der Waals surface area (Å²) in [5.41, 5.74) is 1.16. The SMILES string of the molecule is CCC(O)CN1CCN(C(=O)C2CC2c2ccccc2OC)CC1. The number of amides is 1. The zero-order valence-corrected chi connectivity index (χ0v) is 14.6. The number of β-amino-alcohol motifs (C(OH)–C–C–N with tert-alkyl or cyclic N) is 1. The average molecular weight is 332 g/mol. The van der Waals surface area contributed by atoms with Crippen molar-refractivity contribution in [2.45, 2.75) is 31.8 Å². The highest BCUT2D eigenvalue weighted by molar-refractivity contribution is 5.83. The van der Waals surface area contributed by atoms with Gasteiger partial charge in [-0.15, -0.1) is 0 Å². The molecule has 0 radical (unpaired) electrons. The van der Waals surface area contributed by atoms with Gasteiger partial charge in [-0.05, 0) is 30.4 Å². The largest absolute Gasteiger partial charge is 0.496 e. The highest BCUT2D eigenvalue weighted by atomic mass is 16.5. The minimum Gasteiger partial charge on any atom is -0.496 e. The quantitative estimate of drug-likeness (QED) is 0.862. The maximum atomic E-state index is 12.7. The van der Waals surface area contributed by atoms with Gasteiger partial charge in [0.05, 0.1) is 13.2 Å². The molecule has 24 heavy (non-hydrogen) atoms. The van der Waals surface area contributed by atoms with Crippen molar-refractivity contribution >= 4 is 5.91 Å². The Hall–Kier alpha value is -1.59. The number of carbonyl (C=O) groups is 1. The summed E-state index contributed by atoms with van der Waals surface area (Å²) in [4.78, 5) is 17.0. The van der Waals surface area contributed by atoms with Gasteiger partial charge in [-0.25, -0.2) is 0 Å². The third-order valence-electron chi connectivity index (χ3n) is 5.27. The Balaban J connectivity index is 1.52. The number of ether oxygens (including phenoxy) is 1. The zero-order chi connectivity index (χ0) is 17.1. The molecule has 2 aliphatic rings. The number of aliphatic hydroxyl groups is 1. The van der Waals surface area contributed by atoms with Gasteiger partial charge in [0, 0.05) is 38.6 Å². The van der Waals surface area contributed by atoms with Gasteiger partial charge in [0.25, 0.3) is 0 Å². The molecule has 1 aromatic rings. The van der Waals surface area contributed by atoms with Crippen molar-refractivity contribution in [3.63, 3.8) is 0 Å².